The molecule has 0 N–H and O–H groups in total. The van der Waals surface area contributed by atoms with Gasteiger partial charge in [0.15, 0.2) is 0 Å². The largest absolute Gasteiger partial charge is 0.489 e. The van der Waals surface area contributed by atoms with Crippen LogP contribution >= 0.6 is 0 Å². The van der Waals surface area contributed by atoms with Gasteiger partial charge in [0.25, 0.3) is 0 Å². The molecule has 0 saturated carbocycles. The first-order valence-corrected chi connectivity index (χ1v) is 8.52. The maximum atomic E-state index is 11.9. The van der Waals surface area contributed by atoms with Gasteiger partial charge in [0.2, 0.25) is 0 Å². The molecular formula is C22H24O3. The van der Waals surface area contributed by atoms with E-state index in [0.29, 0.717) is 12.2 Å². The number of fused-ring (bicyclic) bond motifs is 1. The van der Waals surface area contributed by atoms with Gasteiger partial charge in [0, 0.05) is 17.0 Å². The van der Waals surface area contributed by atoms with Crippen molar-refractivity contribution in [2.24, 2.45) is 0 Å². The second-order valence-corrected chi connectivity index (χ2v) is 7.54. The maximum Gasteiger partial charge on any atom is 0.336 e. The van der Waals surface area contributed by atoms with Crippen LogP contribution in [0.5, 0.6) is 5.75 Å². The Hall–Kier alpha value is -2.55. The Morgan fingerprint density at radius 2 is 1.68 bits per heavy atom. The quantitative estimate of drug-likeness (QED) is 0.610. The number of aryl methyl sites for hydroxylation is 2. The van der Waals surface area contributed by atoms with Crippen molar-refractivity contribution < 1.29 is 9.15 Å². The van der Waals surface area contributed by atoms with Crippen LogP contribution in [0.2, 0.25) is 0 Å². The zero-order valence-electron chi connectivity index (χ0n) is 15.5. The molecule has 0 aliphatic carbocycles. The molecule has 3 nitrogen and oxygen atoms in total. The summed E-state index contributed by atoms with van der Waals surface area (Å²) in [4.78, 5) is 11.9. The van der Waals surface area contributed by atoms with Crippen LogP contribution in [0.25, 0.3) is 11.0 Å². The Labute approximate surface area is 148 Å². The number of ether oxygens (including phenoxy) is 1. The van der Waals surface area contributed by atoms with E-state index < -0.39 is 0 Å². The van der Waals surface area contributed by atoms with Gasteiger partial charge in [-0.3, -0.25) is 0 Å². The van der Waals surface area contributed by atoms with Crippen molar-refractivity contribution in [3.8, 4) is 5.75 Å². The monoisotopic (exact) mass is 336 g/mol. The minimum absolute atomic E-state index is 0.114. The van der Waals surface area contributed by atoms with Gasteiger partial charge in [-0.15, -0.1) is 0 Å². The Morgan fingerprint density at radius 1 is 1.00 bits per heavy atom. The van der Waals surface area contributed by atoms with Crippen LogP contribution in [-0.2, 0) is 12.0 Å². The number of benzene rings is 2. The lowest BCUT2D eigenvalue weighted by molar-refractivity contribution is 0.306. The number of rotatable bonds is 3. The third kappa shape index (κ3) is 3.60. The van der Waals surface area contributed by atoms with Gasteiger partial charge in [0.05, 0.1) is 0 Å². The SMILES string of the molecule is Cc1ccc2c(COc3ccc(C(C)(C)C)cc3)cc(=O)oc2c1C. The summed E-state index contributed by atoms with van der Waals surface area (Å²) in [6.07, 6.45) is 0. The molecular weight excluding hydrogens is 312 g/mol. The van der Waals surface area contributed by atoms with Crippen LogP contribution in [0.1, 0.15) is 43.0 Å². The molecule has 3 heteroatoms. The Kier molecular flexibility index (Phi) is 4.42. The van der Waals surface area contributed by atoms with Crippen LogP contribution in [0, 0.1) is 13.8 Å². The van der Waals surface area contributed by atoms with Gasteiger partial charge in [-0.25, -0.2) is 4.79 Å². The molecule has 3 aromatic rings. The summed E-state index contributed by atoms with van der Waals surface area (Å²) in [7, 11) is 0. The standard InChI is InChI=1S/C22H24O3/c1-14-6-11-19-16(12-20(23)25-21(19)15(14)2)13-24-18-9-7-17(8-10-18)22(3,4)5/h6-12H,13H2,1-5H3. The Bertz CT molecular complexity index is 957. The average Bonchev–Trinajstić information content (AvgIpc) is 2.56. The first-order chi connectivity index (χ1) is 11.8. The van der Waals surface area contributed by atoms with Crippen LogP contribution in [0.15, 0.2) is 51.7 Å². The van der Waals surface area contributed by atoms with Crippen molar-refractivity contribution in [2.45, 2.75) is 46.6 Å². The van der Waals surface area contributed by atoms with Gasteiger partial charge >= 0.3 is 5.63 Å². The van der Waals surface area contributed by atoms with Gasteiger partial charge in [-0.1, -0.05) is 45.0 Å². The zero-order valence-corrected chi connectivity index (χ0v) is 15.5. The van der Waals surface area contributed by atoms with Gasteiger partial charge in [0.1, 0.15) is 17.9 Å². The lowest BCUT2D eigenvalue weighted by Crippen LogP contribution is -2.10. The highest BCUT2D eigenvalue weighted by molar-refractivity contribution is 5.83. The third-order valence-electron chi connectivity index (χ3n) is 4.63. The minimum atomic E-state index is -0.345. The molecule has 3 rings (SSSR count). The fraction of sp³-hybridized carbons (Fsp3) is 0.318. The van der Waals surface area contributed by atoms with Crippen molar-refractivity contribution in [3.05, 3.63) is 75.1 Å². The molecule has 0 spiro atoms. The second-order valence-electron chi connectivity index (χ2n) is 7.54. The van der Waals surface area contributed by atoms with Crippen molar-refractivity contribution in [1.82, 2.24) is 0 Å². The molecule has 0 amide bonds. The number of hydrogen-bond donors (Lipinski definition) is 0. The van der Waals surface area contributed by atoms with Crippen LogP contribution in [-0.4, -0.2) is 0 Å². The first kappa shape index (κ1) is 17.3. The van der Waals surface area contributed by atoms with Gasteiger partial charge < -0.3 is 9.15 Å². The zero-order chi connectivity index (χ0) is 18.2. The average molecular weight is 336 g/mol. The molecule has 0 radical (unpaired) electrons. The normalized spacial score (nSPS) is 11.7. The lowest BCUT2D eigenvalue weighted by atomic mass is 9.87. The summed E-state index contributed by atoms with van der Waals surface area (Å²) in [5, 5.41) is 0.925. The predicted molar refractivity (Wildman–Crippen MR) is 101 cm³/mol. The molecule has 0 bridgehead atoms. The van der Waals surface area contributed by atoms with E-state index in [1.165, 1.54) is 11.6 Å². The topological polar surface area (TPSA) is 39.4 Å². The van der Waals surface area contributed by atoms with Crippen molar-refractivity contribution >= 4 is 11.0 Å². The fourth-order valence-electron chi connectivity index (χ4n) is 2.86. The molecule has 1 heterocycles. The molecule has 0 atom stereocenters. The van der Waals surface area contributed by atoms with Crippen molar-refractivity contribution in [1.29, 1.82) is 0 Å². The summed E-state index contributed by atoms with van der Waals surface area (Å²) in [5.41, 5.74) is 4.61. The predicted octanol–water partition coefficient (Wildman–Crippen LogP) is 5.29. The summed E-state index contributed by atoms with van der Waals surface area (Å²) < 4.78 is 11.3. The van der Waals surface area contributed by atoms with Crippen LogP contribution < -0.4 is 10.4 Å². The number of hydrogen-bond acceptors (Lipinski definition) is 3. The van der Waals surface area contributed by atoms with E-state index in [0.717, 1.165) is 27.8 Å². The van der Waals surface area contributed by atoms with E-state index in [9.17, 15) is 4.79 Å². The molecule has 25 heavy (non-hydrogen) atoms. The van der Waals surface area contributed by atoms with E-state index in [1.54, 1.807) is 0 Å². The molecule has 0 saturated heterocycles. The highest BCUT2D eigenvalue weighted by atomic mass is 16.5. The lowest BCUT2D eigenvalue weighted by Gasteiger charge is -2.19. The highest BCUT2D eigenvalue weighted by Gasteiger charge is 2.13. The molecule has 1 aromatic heterocycles. The minimum Gasteiger partial charge on any atom is -0.489 e. The molecule has 2 aromatic carbocycles. The second kappa shape index (κ2) is 6.40. The van der Waals surface area contributed by atoms with Gasteiger partial charge in [-0.2, -0.15) is 0 Å². The summed E-state index contributed by atoms with van der Waals surface area (Å²) >= 11 is 0. The van der Waals surface area contributed by atoms with Crippen LogP contribution in [0.3, 0.4) is 0 Å². The third-order valence-corrected chi connectivity index (χ3v) is 4.63. The van der Waals surface area contributed by atoms with E-state index in [2.05, 4.69) is 32.9 Å². The summed E-state index contributed by atoms with van der Waals surface area (Å²) in [5.74, 6) is 0.790. The summed E-state index contributed by atoms with van der Waals surface area (Å²) in [6.45, 7) is 10.9. The Morgan fingerprint density at radius 3 is 2.32 bits per heavy atom. The smallest absolute Gasteiger partial charge is 0.336 e. The van der Waals surface area contributed by atoms with Gasteiger partial charge in [-0.05, 0) is 48.1 Å². The maximum absolute atomic E-state index is 11.9. The van der Waals surface area contributed by atoms with Crippen LogP contribution in [0.4, 0.5) is 0 Å². The van der Waals surface area contributed by atoms with E-state index in [-0.39, 0.29) is 11.0 Å². The molecule has 0 fully saturated rings. The van der Waals surface area contributed by atoms with Crippen molar-refractivity contribution in [3.63, 3.8) is 0 Å². The highest BCUT2D eigenvalue weighted by Crippen LogP contribution is 2.26. The first-order valence-electron chi connectivity index (χ1n) is 8.52. The molecule has 0 aliphatic heterocycles. The van der Waals surface area contributed by atoms with E-state index >= 15 is 0 Å². The van der Waals surface area contributed by atoms with E-state index in [1.807, 2.05) is 38.1 Å². The van der Waals surface area contributed by atoms with E-state index in [4.69, 9.17) is 9.15 Å². The Balaban J connectivity index is 1.89. The molecule has 0 aliphatic rings. The van der Waals surface area contributed by atoms with Crippen molar-refractivity contribution in [2.75, 3.05) is 0 Å². The molecule has 0 unspecified atom stereocenters. The fourth-order valence-corrected chi connectivity index (χ4v) is 2.86. The summed E-state index contributed by atoms with van der Waals surface area (Å²) in [6, 6.07) is 13.7. The molecule has 130 valence electrons.